The van der Waals surface area contributed by atoms with Gasteiger partial charge in [0.2, 0.25) is 0 Å². The Kier molecular flexibility index (Phi) is 3.97. The molecule has 1 N–H and O–H groups in total. The van der Waals surface area contributed by atoms with Gasteiger partial charge < -0.3 is 5.32 Å². The van der Waals surface area contributed by atoms with Crippen molar-refractivity contribution in [3.05, 3.63) is 71.6 Å². The maximum absolute atomic E-state index is 12.7. The van der Waals surface area contributed by atoms with Gasteiger partial charge in [-0.1, -0.05) is 48.5 Å². The number of carbonyl (C=O) groups excluding carboxylic acids is 1. The number of nitrogens with zero attached hydrogens (tertiary/aromatic N) is 3. The lowest BCUT2D eigenvalue weighted by Crippen LogP contribution is -2.17. The van der Waals surface area contributed by atoms with E-state index in [4.69, 9.17) is 0 Å². The van der Waals surface area contributed by atoms with E-state index in [-0.39, 0.29) is 5.91 Å². The van der Waals surface area contributed by atoms with Crippen molar-refractivity contribution in [2.45, 2.75) is 13.8 Å². The van der Waals surface area contributed by atoms with Crippen molar-refractivity contribution in [1.29, 1.82) is 0 Å². The molecule has 0 unspecified atom stereocenters. The maximum Gasteiger partial charge on any atom is 0.274 e. The Bertz CT molecular complexity index is 1040. The SMILES string of the molecule is CC(C)=C1C(=O)Nc2ccccc2-c2nc(/C=C/c3ccccc3)nn21. The van der Waals surface area contributed by atoms with E-state index in [1.807, 2.05) is 80.6 Å². The van der Waals surface area contributed by atoms with Crippen molar-refractivity contribution in [2.75, 3.05) is 5.32 Å². The minimum Gasteiger partial charge on any atom is -0.320 e. The average molecular weight is 342 g/mol. The smallest absolute Gasteiger partial charge is 0.274 e. The number of allylic oxidation sites excluding steroid dienone is 1. The molecule has 5 nitrogen and oxygen atoms in total. The maximum atomic E-state index is 12.7. The van der Waals surface area contributed by atoms with Gasteiger partial charge in [0.05, 0.1) is 5.69 Å². The third-order valence-electron chi connectivity index (χ3n) is 4.16. The second-order valence-electron chi connectivity index (χ2n) is 6.30. The van der Waals surface area contributed by atoms with E-state index < -0.39 is 0 Å². The standard InChI is InChI=1S/C21H18N4O/c1-14(2)19-21(26)22-17-11-7-6-10-16(17)20-23-18(24-25(19)20)13-12-15-8-4-3-5-9-15/h3-13H,1-2H3,(H,22,26)/b13-12+. The minimum atomic E-state index is -0.181. The fourth-order valence-corrected chi connectivity index (χ4v) is 2.97. The molecule has 4 rings (SSSR count). The van der Waals surface area contributed by atoms with Crippen LogP contribution in [0, 0.1) is 0 Å². The van der Waals surface area contributed by atoms with E-state index in [2.05, 4.69) is 15.4 Å². The van der Waals surface area contributed by atoms with Crippen molar-refractivity contribution in [1.82, 2.24) is 14.8 Å². The van der Waals surface area contributed by atoms with Gasteiger partial charge in [-0.25, -0.2) is 9.67 Å². The molecule has 1 aromatic heterocycles. The number of hydrogen-bond donors (Lipinski definition) is 1. The van der Waals surface area contributed by atoms with Crippen molar-refractivity contribution in [3.8, 4) is 11.4 Å². The van der Waals surface area contributed by atoms with Gasteiger partial charge in [-0.2, -0.15) is 0 Å². The van der Waals surface area contributed by atoms with Crippen molar-refractivity contribution in [2.24, 2.45) is 0 Å². The van der Waals surface area contributed by atoms with Gasteiger partial charge in [0.1, 0.15) is 5.70 Å². The molecule has 0 bridgehead atoms. The van der Waals surface area contributed by atoms with Crippen LogP contribution in [0.2, 0.25) is 0 Å². The van der Waals surface area contributed by atoms with Crippen LogP contribution in [0.15, 0.2) is 60.2 Å². The molecule has 3 aromatic rings. The first-order valence-electron chi connectivity index (χ1n) is 8.42. The number of amides is 1. The van der Waals surface area contributed by atoms with Crippen LogP contribution in [0.5, 0.6) is 0 Å². The number of benzene rings is 2. The molecule has 5 heteroatoms. The Morgan fingerprint density at radius 3 is 2.50 bits per heavy atom. The number of rotatable bonds is 2. The van der Waals surface area contributed by atoms with Crippen LogP contribution in [0.4, 0.5) is 5.69 Å². The molecule has 0 atom stereocenters. The van der Waals surface area contributed by atoms with Gasteiger partial charge in [0.25, 0.3) is 5.91 Å². The number of nitrogens with one attached hydrogen (secondary N) is 1. The molecule has 26 heavy (non-hydrogen) atoms. The zero-order valence-corrected chi connectivity index (χ0v) is 14.6. The summed E-state index contributed by atoms with van der Waals surface area (Å²) in [6.07, 6.45) is 3.82. The number of aromatic nitrogens is 3. The third-order valence-corrected chi connectivity index (χ3v) is 4.16. The Labute approximate surface area is 151 Å². The summed E-state index contributed by atoms with van der Waals surface area (Å²) in [5, 5.41) is 7.53. The normalized spacial score (nSPS) is 13.2. The van der Waals surface area contributed by atoms with E-state index in [1.54, 1.807) is 4.68 Å². The van der Waals surface area contributed by atoms with Gasteiger partial charge in [0, 0.05) is 5.56 Å². The predicted molar refractivity (Wildman–Crippen MR) is 104 cm³/mol. The molecule has 0 spiro atoms. The van der Waals surface area contributed by atoms with Crippen LogP contribution in [0.25, 0.3) is 29.2 Å². The number of anilines is 1. The Morgan fingerprint density at radius 1 is 1.00 bits per heavy atom. The molecule has 1 aliphatic heterocycles. The van der Waals surface area contributed by atoms with Crippen LogP contribution >= 0.6 is 0 Å². The fraction of sp³-hybridized carbons (Fsp3) is 0.0952. The highest BCUT2D eigenvalue weighted by atomic mass is 16.2. The van der Waals surface area contributed by atoms with Crippen LogP contribution in [-0.4, -0.2) is 20.7 Å². The summed E-state index contributed by atoms with van der Waals surface area (Å²) >= 11 is 0. The zero-order valence-electron chi connectivity index (χ0n) is 14.6. The first-order valence-corrected chi connectivity index (χ1v) is 8.42. The van der Waals surface area contributed by atoms with Gasteiger partial charge in [-0.05, 0) is 43.2 Å². The Morgan fingerprint density at radius 2 is 1.73 bits per heavy atom. The minimum absolute atomic E-state index is 0.181. The van der Waals surface area contributed by atoms with E-state index in [0.29, 0.717) is 17.3 Å². The molecule has 0 radical (unpaired) electrons. The number of carbonyl (C=O) groups is 1. The lowest BCUT2D eigenvalue weighted by atomic mass is 10.1. The van der Waals surface area contributed by atoms with Crippen LogP contribution < -0.4 is 5.32 Å². The molecule has 0 saturated carbocycles. The van der Waals surface area contributed by atoms with Crippen LogP contribution in [0.3, 0.4) is 0 Å². The zero-order chi connectivity index (χ0) is 18.1. The van der Waals surface area contributed by atoms with Gasteiger partial charge in [-0.15, -0.1) is 5.10 Å². The molecule has 0 saturated heterocycles. The summed E-state index contributed by atoms with van der Waals surface area (Å²) < 4.78 is 1.64. The van der Waals surface area contributed by atoms with E-state index in [0.717, 1.165) is 22.4 Å². The van der Waals surface area contributed by atoms with Crippen molar-refractivity contribution >= 4 is 29.4 Å². The van der Waals surface area contributed by atoms with Gasteiger partial charge in [-0.3, -0.25) is 4.79 Å². The Hall–Kier alpha value is -3.47. The second kappa shape index (κ2) is 6.44. The first kappa shape index (κ1) is 16.0. The molecule has 2 heterocycles. The lowest BCUT2D eigenvalue weighted by Gasteiger charge is -2.07. The van der Waals surface area contributed by atoms with Gasteiger partial charge >= 0.3 is 0 Å². The average Bonchev–Trinajstić information content (AvgIpc) is 3.00. The summed E-state index contributed by atoms with van der Waals surface area (Å²) in [6, 6.07) is 17.6. The van der Waals surface area contributed by atoms with Crippen LogP contribution in [0.1, 0.15) is 25.2 Å². The largest absolute Gasteiger partial charge is 0.320 e. The predicted octanol–water partition coefficient (Wildman–Crippen LogP) is 4.32. The topological polar surface area (TPSA) is 59.8 Å². The number of hydrogen-bond acceptors (Lipinski definition) is 3. The highest BCUT2D eigenvalue weighted by Crippen LogP contribution is 2.33. The molecule has 0 aliphatic carbocycles. The van der Waals surface area contributed by atoms with E-state index >= 15 is 0 Å². The molecular formula is C21H18N4O. The Balaban J connectivity index is 1.86. The summed E-state index contributed by atoms with van der Waals surface area (Å²) in [7, 11) is 0. The summed E-state index contributed by atoms with van der Waals surface area (Å²) in [6.45, 7) is 3.80. The summed E-state index contributed by atoms with van der Waals surface area (Å²) in [5.74, 6) is 1.04. The fourth-order valence-electron chi connectivity index (χ4n) is 2.97. The molecule has 2 aromatic carbocycles. The molecule has 128 valence electrons. The number of para-hydroxylation sites is 1. The monoisotopic (exact) mass is 342 g/mol. The summed E-state index contributed by atoms with van der Waals surface area (Å²) in [5.41, 5.74) is 4.03. The van der Waals surface area contributed by atoms with E-state index in [1.165, 1.54) is 0 Å². The van der Waals surface area contributed by atoms with Crippen LogP contribution in [-0.2, 0) is 4.79 Å². The third kappa shape index (κ3) is 2.84. The highest BCUT2D eigenvalue weighted by Gasteiger charge is 2.26. The quantitative estimate of drug-likeness (QED) is 0.706. The van der Waals surface area contributed by atoms with Gasteiger partial charge in [0.15, 0.2) is 11.6 Å². The molecular weight excluding hydrogens is 324 g/mol. The first-order chi connectivity index (χ1) is 12.6. The second-order valence-corrected chi connectivity index (χ2v) is 6.30. The van der Waals surface area contributed by atoms with Crippen molar-refractivity contribution in [3.63, 3.8) is 0 Å². The lowest BCUT2D eigenvalue weighted by molar-refractivity contribution is -0.111. The molecule has 0 fully saturated rings. The molecule has 1 amide bonds. The molecule has 1 aliphatic rings. The van der Waals surface area contributed by atoms with Crippen molar-refractivity contribution < 1.29 is 4.79 Å². The highest BCUT2D eigenvalue weighted by molar-refractivity contribution is 6.23. The van der Waals surface area contributed by atoms with E-state index in [9.17, 15) is 4.79 Å². The number of fused-ring (bicyclic) bond motifs is 3. The summed E-state index contributed by atoms with van der Waals surface area (Å²) in [4.78, 5) is 17.4.